The fraction of sp³-hybridized carbons (Fsp3) is 0.444. The molecule has 0 aliphatic carbocycles. The molecule has 1 unspecified atom stereocenters. The van der Waals surface area contributed by atoms with E-state index < -0.39 is 0 Å². The second-order valence-electron chi connectivity index (χ2n) is 5.75. The van der Waals surface area contributed by atoms with Crippen molar-refractivity contribution in [3.8, 4) is 0 Å². The van der Waals surface area contributed by atoms with Gasteiger partial charge in [-0.15, -0.1) is 11.3 Å². The van der Waals surface area contributed by atoms with Gasteiger partial charge in [-0.05, 0) is 55.3 Å². The molecule has 2 aromatic rings. The van der Waals surface area contributed by atoms with Gasteiger partial charge < -0.3 is 5.32 Å². The first kappa shape index (κ1) is 15.1. The zero-order chi connectivity index (χ0) is 14.8. The molecule has 0 saturated heterocycles. The van der Waals surface area contributed by atoms with Crippen molar-refractivity contribution >= 4 is 23.1 Å². The van der Waals surface area contributed by atoms with Crippen LogP contribution in [0, 0.1) is 13.8 Å². The minimum atomic E-state index is 0.343. The smallest absolute Gasteiger partial charge is 0.0673 e. The highest BCUT2D eigenvalue weighted by Gasteiger charge is 2.21. The second kappa shape index (κ2) is 6.55. The van der Waals surface area contributed by atoms with E-state index in [4.69, 9.17) is 0 Å². The molecule has 1 aromatic carbocycles. The molecule has 1 aliphatic heterocycles. The second-order valence-corrected chi connectivity index (χ2v) is 8.02. The lowest BCUT2D eigenvalue weighted by atomic mass is 9.97. The Morgan fingerprint density at radius 1 is 1.24 bits per heavy atom. The molecule has 0 spiro atoms. The fourth-order valence-electron chi connectivity index (χ4n) is 2.95. The lowest BCUT2D eigenvalue weighted by Crippen LogP contribution is -2.22. The average molecular weight is 318 g/mol. The first-order valence-electron chi connectivity index (χ1n) is 7.68. The summed E-state index contributed by atoms with van der Waals surface area (Å²) >= 11 is 4.08. The van der Waals surface area contributed by atoms with Crippen molar-refractivity contribution in [3.05, 3.63) is 56.3 Å². The number of hydrogen-bond acceptors (Lipinski definition) is 3. The third-order valence-electron chi connectivity index (χ3n) is 4.09. The summed E-state index contributed by atoms with van der Waals surface area (Å²) in [4.78, 5) is 3.09. The Balaban J connectivity index is 2.01. The van der Waals surface area contributed by atoms with Crippen molar-refractivity contribution in [2.24, 2.45) is 0 Å². The van der Waals surface area contributed by atoms with Gasteiger partial charge in [-0.25, -0.2) is 0 Å². The SMILES string of the molecule is CCNC(c1cc2c(s1)CCSC2)c1cc(C)ccc1C. The Bertz CT molecular complexity index is 607. The van der Waals surface area contributed by atoms with Gasteiger partial charge in [-0.2, -0.15) is 11.8 Å². The number of rotatable bonds is 4. The molecule has 0 saturated carbocycles. The van der Waals surface area contributed by atoms with Crippen molar-refractivity contribution in [2.75, 3.05) is 12.3 Å². The maximum Gasteiger partial charge on any atom is 0.0673 e. The summed E-state index contributed by atoms with van der Waals surface area (Å²) in [5.74, 6) is 2.47. The van der Waals surface area contributed by atoms with Crippen LogP contribution in [0.1, 0.15) is 45.0 Å². The monoisotopic (exact) mass is 317 g/mol. The molecule has 0 radical (unpaired) electrons. The van der Waals surface area contributed by atoms with Crippen molar-refractivity contribution in [1.29, 1.82) is 0 Å². The van der Waals surface area contributed by atoms with E-state index in [0.29, 0.717) is 6.04 Å². The summed E-state index contributed by atoms with van der Waals surface area (Å²) < 4.78 is 0. The van der Waals surface area contributed by atoms with Gasteiger partial charge in [-0.3, -0.25) is 0 Å². The molecule has 1 nitrogen and oxygen atoms in total. The van der Waals surface area contributed by atoms with Crippen LogP contribution in [-0.2, 0) is 12.2 Å². The van der Waals surface area contributed by atoms with E-state index in [1.165, 1.54) is 39.5 Å². The summed E-state index contributed by atoms with van der Waals surface area (Å²) in [5, 5.41) is 3.70. The van der Waals surface area contributed by atoms with Crippen LogP contribution in [0.2, 0.25) is 0 Å². The normalized spacial score (nSPS) is 15.8. The van der Waals surface area contributed by atoms with Gasteiger partial charge in [-0.1, -0.05) is 30.7 Å². The minimum absolute atomic E-state index is 0.343. The van der Waals surface area contributed by atoms with Crippen molar-refractivity contribution < 1.29 is 0 Å². The van der Waals surface area contributed by atoms with Gasteiger partial charge in [0.25, 0.3) is 0 Å². The van der Waals surface area contributed by atoms with Crippen LogP contribution >= 0.6 is 23.1 Å². The first-order chi connectivity index (χ1) is 10.2. The number of aryl methyl sites for hydroxylation is 3. The molecule has 0 bridgehead atoms. The highest BCUT2D eigenvalue weighted by atomic mass is 32.2. The zero-order valence-electron chi connectivity index (χ0n) is 13.0. The Labute approximate surface area is 136 Å². The number of fused-ring (bicyclic) bond motifs is 1. The van der Waals surface area contributed by atoms with Crippen LogP contribution in [0.25, 0.3) is 0 Å². The lowest BCUT2D eigenvalue weighted by molar-refractivity contribution is 0.636. The summed E-state index contributed by atoms with van der Waals surface area (Å²) in [6.07, 6.45) is 1.25. The van der Waals surface area contributed by atoms with Crippen LogP contribution in [0.3, 0.4) is 0 Å². The first-order valence-corrected chi connectivity index (χ1v) is 9.66. The number of benzene rings is 1. The topological polar surface area (TPSA) is 12.0 Å². The molecule has 3 rings (SSSR count). The number of hydrogen-bond donors (Lipinski definition) is 1. The fourth-order valence-corrected chi connectivity index (χ4v) is 5.42. The van der Waals surface area contributed by atoms with Gasteiger partial charge in [0.1, 0.15) is 0 Å². The van der Waals surface area contributed by atoms with Crippen LogP contribution in [0.15, 0.2) is 24.3 Å². The van der Waals surface area contributed by atoms with Crippen LogP contribution in [-0.4, -0.2) is 12.3 Å². The number of thioether (sulfide) groups is 1. The lowest BCUT2D eigenvalue weighted by Gasteiger charge is -2.20. The van der Waals surface area contributed by atoms with Crippen molar-refractivity contribution in [2.45, 2.75) is 39.0 Å². The van der Waals surface area contributed by atoms with E-state index in [2.05, 4.69) is 62.1 Å². The van der Waals surface area contributed by atoms with E-state index >= 15 is 0 Å². The minimum Gasteiger partial charge on any atom is -0.306 e. The van der Waals surface area contributed by atoms with Crippen LogP contribution in [0.5, 0.6) is 0 Å². The number of thiophene rings is 1. The Morgan fingerprint density at radius 2 is 2.10 bits per heavy atom. The van der Waals surface area contributed by atoms with Gasteiger partial charge in [0.15, 0.2) is 0 Å². The molecule has 0 amide bonds. The van der Waals surface area contributed by atoms with Gasteiger partial charge >= 0.3 is 0 Å². The summed E-state index contributed by atoms with van der Waals surface area (Å²) in [6, 6.07) is 9.59. The molecule has 2 heterocycles. The Kier molecular flexibility index (Phi) is 4.72. The summed E-state index contributed by atoms with van der Waals surface area (Å²) in [6.45, 7) is 7.60. The van der Waals surface area contributed by atoms with Crippen molar-refractivity contribution in [1.82, 2.24) is 5.32 Å². The van der Waals surface area contributed by atoms with E-state index in [1.54, 1.807) is 10.4 Å². The molecule has 21 heavy (non-hydrogen) atoms. The van der Waals surface area contributed by atoms with E-state index in [1.807, 2.05) is 11.3 Å². The number of nitrogens with one attached hydrogen (secondary N) is 1. The molecular formula is C18H23NS2. The molecule has 0 fully saturated rings. The highest BCUT2D eigenvalue weighted by molar-refractivity contribution is 7.98. The maximum atomic E-state index is 3.70. The largest absolute Gasteiger partial charge is 0.306 e. The van der Waals surface area contributed by atoms with E-state index in [0.717, 1.165) is 6.54 Å². The standard InChI is InChI=1S/C18H23NS2/c1-4-19-18(15-9-12(2)5-6-13(15)3)17-10-14-11-20-8-7-16(14)21-17/h5-6,9-10,18-19H,4,7-8,11H2,1-3H3. The predicted molar refractivity (Wildman–Crippen MR) is 95.6 cm³/mol. The quantitative estimate of drug-likeness (QED) is 0.865. The van der Waals surface area contributed by atoms with Crippen molar-refractivity contribution in [3.63, 3.8) is 0 Å². The summed E-state index contributed by atoms with van der Waals surface area (Å²) in [7, 11) is 0. The molecule has 1 aromatic heterocycles. The van der Waals surface area contributed by atoms with Gasteiger partial charge in [0, 0.05) is 15.5 Å². The van der Waals surface area contributed by atoms with Crippen LogP contribution < -0.4 is 5.32 Å². The predicted octanol–water partition coefficient (Wildman–Crippen LogP) is 4.85. The third kappa shape index (κ3) is 3.20. The maximum absolute atomic E-state index is 3.70. The Morgan fingerprint density at radius 3 is 2.86 bits per heavy atom. The molecule has 1 N–H and O–H groups in total. The molecular weight excluding hydrogens is 294 g/mol. The molecule has 112 valence electrons. The third-order valence-corrected chi connectivity index (χ3v) is 6.40. The Hall–Kier alpha value is -0.770. The van der Waals surface area contributed by atoms with Gasteiger partial charge in [0.05, 0.1) is 6.04 Å². The molecule has 3 heteroatoms. The van der Waals surface area contributed by atoms with E-state index in [9.17, 15) is 0 Å². The van der Waals surface area contributed by atoms with Crippen LogP contribution in [0.4, 0.5) is 0 Å². The summed E-state index contributed by atoms with van der Waals surface area (Å²) in [5.41, 5.74) is 5.73. The van der Waals surface area contributed by atoms with E-state index in [-0.39, 0.29) is 0 Å². The molecule has 1 atom stereocenters. The van der Waals surface area contributed by atoms with Gasteiger partial charge in [0.2, 0.25) is 0 Å². The molecule has 1 aliphatic rings. The average Bonchev–Trinajstić information content (AvgIpc) is 2.91. The highest BCUT2D eigenvalue weighted by Crippen LogP contribution is 2.37. The zero-order valence-corrected chi connectivity index (χ0v) is 14.7.